The van der Waals surface area contributed by atoms with Crippen molar-refractivity contribution in [2.24, 2.45) is 47.3 Å². The van der Waals surface area contributed by atoms with Gasteiger partial charge < -0.3 is 13.8 Å². The Morgan fingerprint density at radius 1 is 0.698 bits per heavy atom. The molecule has 228 valence electrons. The molecule has 2 saturated carbocycles. The van der Waals surface area contributed by atoms with E-state index >= 15 is 0 Å². The molecule has 2 fully saturated rings. The molecule has 6 rings (SSSR count). The minimum atomic E-state index is -2.31. The molecule has 0 radical (unpaired) electrons. The zero-order valence-corrected chi connectivity index (χ0v) is 31.6. The molecule has 8 atom stereocenters. The van der Waals surface area contributed by atoms with Crippen molar-refractivity contribution in [1.29, 1.82) is 0 Å². The van der Waals surface area contributed by atoms with Crippen molar-refractivity contribution in [3.63, 3.8) is 0 Å². The molecule has 0 saturated heterocycles. The molecular formula is C39H50Cl2SiZr. The second kappa shape index (κ2) is 16.1. The van der Waals surface area contributed by atoms with Crippen molar-refractivity contribution in [2.75, 3.05) is 0 Å². The van der Waals surface area contributed by atoms with E-state index < -0.39 is 28.9 Å². The Bertz CT molecular complexity index is 1150. The molecule has 8 unspecified atom stereocenters. The molecular weight excluding hydrogens is 659 g/mol. The van der Waals surface area contributed by atoms with Crippen molar-refractivity contribution in [2.45, 2.75) is 58.0 Å². The summed E-state index contributed by atoms with van der Waals surface area (Å²) < 4.78 is 0. The van der Waals surface area contributed by atoms with Crippen LogP contribution < -0.4 is 10.4 Å². The van der Waals surface area contributed by atoms with Crippen LogP contribution in [0.4, 0.5) is 0 Å². The molecule has 0 aromatic heterocycles. The summed E-state index contributed by atoms with van der Waals surface area (Å²) in [5.74, 6) is 5.41. The zero-order chi connectivity index (χ0) is 29.7. The van der Waals surface area contributed by atoms with Crippen LogP contribution in [0, 0.1) is 61.2 Å². The predicted octanol–water partition coefficient (Wildman–Crippen LogP) is 10.5. The van der Waals surface area contributed by atoms with Crippen LogP contribution in [0.5, 0.6) is 0 Å². The van der Waals surface area contributed by atoms with Crippen molar-refractivity contribution >= 4 is 35.5 Å². The average molecular weight is 709 g/mol. The van der Waals surface area contributed by atoms with Crippen LogP contribution in [0.3, 0.4) is 0 Å². The van der Waals surface area contributed by atoms with Gasteiger partial charge in [0.25, 0.3) is 0 Å². The maximum atomic E-state index is 4.93. The van der Waals surface area contributed by atoms with Gasteiger partial charge in [-0.05, 0) is 59.8 Å². The Morgan fingerprint density at radius 2 is 1.16 bits per heavy atom. The first-order chi connectivity index (χ1) is 20.4. The van der Waals surface area contributed by atoms with Crippen molar-refractivity contribution in [3.8, 4) is 0 Å². The van der Waals surface area contributed by atoms with Crippen LogP contribution in [-0.2, 0) is 20.8 Å². The number of fused-ring (bicyclic) bond motifs is 2. The van der Waals surface area contributed by atoms with Gasteiger partial charge in [-0.25, -0.2) is 0 Å². The van der Waals surface area contributed by atoms with Gasteiger partial charge in [0.1, 0.15) is 0 Å². The van der Waals surface area contributed by atoms with Crippen LogP contribution in [-0.4, -0.2) is 8.07 Å². The predicted molar refractivity (Wildman–Crippen MR) is 189 cm³/mol. The molecule has 2 aromatic carbocycles. The monoisotopic (exact) mass is 706 g/mol. The first kappa shape index (κ1) is 34.9. The van der Waals surface area contributed by atoms with E-state index in [1.807, 2.05) is 0 Å². The van der Waals surface area contributed by atoms with Crippen LogP contribution in [0.15, 0.2) is 109 Å². The normalized spacial score (nSPS) is 30.3. The summed E-state index contributed by atoms with van der Waals surface area (Å²) in [7, 11) is 7.56. The van der Waals surface area contributed by atoms with Crippen LogP contribution in [0.25, 0.3) is 0 Å². The molecule has 4 heteroatoms. The number of rotatable bonds is 8. The summed E-state index contributed by atoms with van der Waals surface area (Å²) in [6.07, 6.45) is 26.7. The van der Waals surface area contributed by atoms with Gasteiger partial charge in [-0.2, -0.15) is 11.5 Å². The van der Waals surface area contributed by atoms with Gasteiger partial charge in [-0.1, -0.05) is 154 Å². The topological polar surface area (TPSA) is 0 Å². The van der Waals surface area contributed by atoms with Gasteiger partial charge in [0.2, 0.25) is 0 Å². The maximum absolute atomic E-state index is 4.93. The molecule has 2 aromatic rings. The third-order valence-electron chi connectivity index (χ3n) is 10.5. The Morgan fingerprint density at radius 3 is 1.67 bits per heavy atom. The van der Waals surface area contributed by atoms with Gasteiger partial charge in [-0.3, -0.25) is 0 Å². The average Bonchev–Trinajstić information content (AvgIpc) is 3.54. The minimum absolute atomic E-state index is 0. The standard InChI is InChI=1S/C38H47Si.CH3.2ClH.Zr/c1-27(2)23-29-25-37(35-21-13-11-19-33(29)35)39(31-15-7-5-8-16-31,32-17-9-6-10-18-32)38-26-30(24-28(3)4)34-20-12-14-22-36(34)38;;;;/h5-22,25,27-30,33-38H,23-24,26H2,1-4H3;1H3;2*1H;/q2*-1;;;+4/p-2. The molecule has 0 bridgehead atoms. The summed E-state index contributed by atoms with van der Waals surface area (Å²) in [6.45, 7) is 9.67. The summed E-state index contributed by atoms with van der Waals surface area (Å²) in [5, 5.41) is 3.31. The van der Waals surface area contributed by atoms with Gasteiger partial charge in [0.05, 0.1) is 8.07 Å². The molecule has 4 aliphatic rings. The van der Waals surface area contributed by atoms with Crippen molar-refractivity contribution in [1.82, 2.24) is 0 Å². The summed E-state index contributed by atoms with van der Waals surface area (Å²) in [5.41, 5.74) is 1.29. The van der Waals surface area contributed by atoms with Crippen molar-refractivity contribution in [3.05, 3.63) is 123 Å². The summed E-state index contributed by atoms with van der Waals surface area (Å²) in [4.78, 5) is 0. The molecule has 0 nitrogen and oxygen atoms in total. The van der Waals surface area contributed by atoms with Gasteiger partial charge in [-0.15, -0.1) is 0 Å². The van der Waals surface area contributed by atoms with Crippen molar-refractivity contribution < 1.29 is 20.8 Å². The van der Waals surface area contributed by atoms with Crippen LogP contribution in [0.2, 0.25) is 11.1 Å². The first-order valence-electron chi connectivity index (χ1n) is 16.0. The second-order valence-corrected chi connectivity index (χ2v) is 21.8. The number of hydrogen-bond donors (Lipinski definition) is 0. The Hall–Kier alpha value is -0.920. The Labute approximate surface area is 282 Å². The quantitative estimate of drug-likeness (QED) is 0.189. The third-order valence-corrected chi connectivity index (χ3v) is 16.5. The van der Waals surface area contributed by atoms with E-state index in [0.717, 1.165) is 11.8 Å². The van der Waals surface area contributed by atoms with E-state index in [2.05, 4.69) is 143 Å². The van der Waals surface area contributed by atoms with Crippen LogP contribution >= 0.6 is 17.0 Å². The van der Waals surface area contributed by atoms with E-state index in [4.69, 9.17) is 17.0 Å². The van der Waals surface area contributed by atoms with E-state index in [-0.39, 0.29) is 7.43 Å². The Balaban J connectivity index is 0.00000102. The SMILES string of the molecule is CC(C)CC1[CH-]C([Si](c2ccccc2)(c2ccccc2)C2CC(CC(C)C)C3C=CC=CC32)C2C=CC=CC12.[CH3-].[Cl][Zr+2][Cl]. The van der Waals surface area contributed by atoms with Crippen LogP contribution in [0.1, 0.15) is 47.0 Å². The van der Waals surface area contributed by atoms with E-state index in [9.17, 15) is 0 Å². The molecule has 0 amide bonds. The van der Waals surface area contributed by atoms with E-state index in [1.165, 1.54) is 19.3 Å². The molecule has 0 N–H and O–H groups in total. The fourth-order valence-electron chi connectivity index (χ4n) is 9.35. The first-order valence-corrected chi connectivity index (χ1v) is 24.5. The third kappa shape index (κ3) is 7.24. The molecule has 4 aliphatic carbocycles. The number of halogens is 2. The molecule has 0 heterocycles. The molecule has 43 heavy (non-hydrogen) atoms. The zero-order valence-electron chi connectivity index (χ0n) is 26.6. The number of allylic oxidation sites excluding steroid dienone is 8. The van der Waals surface area contributed by atoms with Gasteiger partial charge >= 0.3 is 37.9 Å². The second-order valence-electron chi connectivity index (χ2n) is 13.8. The van der Waals surface area contributed by atoms with Gasteiger partial charge in [0, 0.05) is 0 Å². The summed E-state index contributed by atoms with van der Waals surface area (Å²) >= 11 is -0.826. The van der Waals surface area contributed by atoms with Gasteiger partial charge in [0.15, 0.2) is 0 Å². The molecule has 0 aliphatic heterocycles. The van der Waals surface area contributed by atoms with E-state index in [0.29, 0.717) is 46.6 Å². The molecule has 0 spiro atoms. The summed E-state index contributed by atoms with van der Waals surface area (Å²) in [6, 6.07) is 23.8. The number of benzene rings is 2. The Kier molecular flexibility index (Phi) is 13.1. The fourth-order valence-corrected chi connectivity index (χ4v) is 16.4. The number of hydrogen-bond acceptors (Lipinski definition) is 0. The fraction of sp³-hybridized carbons (Fsp3) is 0.436. The van der Waals surface area contributed by atoms with E-state index in [1.54, 1.807) is 10.4 Å².